The molecule has 0 bridgehead atoms. The fourth-order valence-electron chi connectivity index (χ4n) is 2.31. The van der Waals surface area contributed by atoms with E-state index in [0.29, 0.717) is 23.5 Å². The smallest absolute Gasteiger partial charge is 0.230 e. The van der Waals surface area contributed by atoms with E-state index in [4.69, 9.17) is 0 Å². The Labute approximate surface area is 127 Å². The average Bonchev–Trinajstić information content (AvgIpc) is 2.37. The second-order valence-electron chi connectivity index (χ2n) is 6.06. The highest BCUT2D eigenvalue weighted by Gasteiger charge is 2.18. The minimum absolute atomic E-state index is 0.127. The van der Waals surface area contributed by atoms with Gasteiger partial charge in [-0.25, -0.2) is 0 Å². The number of amides is 1. The first-order chi connectivity index (χ1) is 9.40. The van der Waals surface area contributed by atoms with Gasteiger partial charge in [-0.15, -0.1) is 11.8 Å². The summed E-state index contributed by atoms with van der Waals surface area (Å²) in [6, 6.07) is 8.29. The molecule has 0 radical (unpaired) electrons. The normalized spacial score (nSPS) is 11.4. The molecule has 0 heterocycles. The standard InChI is InChI=1S/C17H27NOS/c1-12(2)16(13(3)4)10-18-17(19)11-20-15-8-6-14(5)7-9-15/h6-9,12-13,16H,10-11H2,1-5H3,(H,18,19). The van der Waals surface area contributed by atoms with Gasteiger partial charge in [-0.3, -0.25) is 4.79 Å². The Balaban J connectivity index is 2.35. The lowest BCUT2D eigenvalue weighted by molar-refractivity contribution is -0.118. The van der Waals surface area contributed by atoms with Crippen molar-refractivity contribution in [1.29, 1.82) is 0 Å². The molecule has 1 aromatic carbocycles. The first-order valence-electron chi connectivity index (χ1n) is 7.36. The van der Waals surface area contributed by atoms with E-state index in [1.807, 2.05) is 0 Å². The zero-order valence-electron chi connectivity index (χ0n) is 13.3. The summed E-state index contributed by atoms with van der Waals surface area (Å²) in [4.78, 5) is 13.0. The number of thioether (sulfide) groups is 1. The predicted molar refractivity (Wildman–Crippen MR) is 88.1 cm³/mol. The molecule has 1 N–H and O–H groups in total. The summed E-state index contributed by atoms with van der Waals surface area (Å²) < 4.78 is 0. The monoisotopic (exact) mass is 293 g/mol. The quantitative estimate of drug-likeness (QED) is 0.766. The Morgan fingerprint density at radius 3 is 2.15 bits per heavy atom. The molecule has 0 aliphatic carbocycles. The lowest BCUT2D eigenvalue weighted by Gasteiger charge is -2.25. The van der Waals surface area contributed by atoms with Crippen LogP contribution in [0.5, 0.6) is 0 Å². The van der Waals surface area contributed by atoms with Gasteiger partial charge in [0.05, 0.1) is 5.75 Å². The number of hydrogen-bond acceptors (Lipinski definition) is 2. The first-order valence-corrected chi connectivity index (χ1v) is 8.35. The largest absolute Gasteiger partial charge is 0.355 e. The van der Waals surface area contributed by atoms with Crippen molar-refractivity contribution in [1.82, 2.24) is 5.32 Å². The molecule has 0 unspecified atom stereocenters. The molecule has 0 aliphatic rings. The van der Waals surface area contributed by atoms with Gasteiger partial charge in [-0.2, -0.15) is 0 Å². The summed E-state index contributed by atoms with van der Waals surface area (Å²) in [5.74, 6) is 2.36. The minimum Gasteiger partial charge on any atom is -0.355 e. The molecule has 1 amide bonds. The van der Waals surface area contributed by atoms with Crippen molar-refractivity contribution in [3.8, 4) is 0 Å². The molecule has 0 atom stereocenters. The van der Waals surface area contributed by atoms with Crippen LogP contribution in [0.15, 0.2) is 29.2 Å². The molecule has 112 valence electrons. The van der Waals surface area contributed by atoms with Crippen LogP contribution in [0.4, 0.5) is 0 Å². The van der Waals surface area contributed by atoms with E-state index in [2.05, 4.69) is 64.2 Å². The SMILES string of the molecule is Cc1ccc(SCC(=O)NCC(C(C)C)C(C)C)cc1. The van der Waals surface area contributed by atoms with Crippen molar-refractivity contribution in [2.75, 3.05) is 12.3 Å². The molecule has 0 saturated heterocycles. The highest BCUT2D eigenvalue weighted by Crippen LogP contribution is 2.20. The topological polar surface area (TPSA) is 29.1 Å². The van der Waals surface area contributed by atoms with E-state index < -0.39 is 0 Å². The van der Waals surface area contributed by atoms with Crippen LogP contribution in [0.1, 0.15) is 33.3 Å². The van der Waals surface area contributed by atoms with E-state index in [0.717, 1.165) is 11.4 Å². The van der Waals surface area contributed by atoms with Crippen LogP contribution in [0.3, 0.4) is 0 Å². The zero-order chi connectivity index (χ0) is 15.1. The summed E-state index contributed by atoms with van der Waals surface area (Å²) in [5.41, 5.74) is 1.25. The molecule has 20 heavy (non-hydrogen) atoms. The van der Waals surface area contributed by atoms with E-state index in [-0.39, 0.29) is 5.91 Å². The van der Waals surface area contributed by atoms with Gasteiger partial charge < -0.3 is 5.32 Å². The highest BCUT2D eigenvalue weighted by molar-refractivity contribution is 8.00. The van der Waals surface area contributed by atoms with Crippen LogP contribution in [0.25, 0.3) is 0 Å². The van der Waals surface area contributed by atoms with Crippen molar-refractivity contribution in [3.63, 3.8) is 0 Å². The molecule has 0 spiro atoms. The maximum absolute atomic E-state index is 11.9. The van der Waals surface area contributed by atoms with Crippen LogP contribution >= 0.6 is 11.8 Å². The van der Waals surface area contributed by atoms with E-state index >= 15 is 0 Å². The Kier molecular flexibility index (Phi) is 7.14. The van der Waals surface area contributed by atoms with Crippen molar-refractivity contribution < 1.29 is 4.79 Å². The Hall–Kier alpha value is -0.960. The Bertz CT molecular complexity index is 404. The minimum atomic E-state index is 0.127. The van der Waals surface area contributed by atoms with Gasteiger partial charge in [0.2, 0.25) is 5.91 Å². The van der Waals surface area contributed by atoms with Crippen molar-refractivity contribution in [2.24, 2.45) is 17.8 Å². The van der Waals surface area contributed by atoms with E-state index in [9.17, 15) is 4.79 Å². The predicted octanol–water partition coefficient (Wildman–Crippen LogP) is 4.13. The van der Waals surface area contributed by atoms with Crippen LogP contribution in [0.2, 0.25) is 0 Å². The van der Waals surface area contributed by atoms with Gasteiger partial charge in [-0.05, 0) is 36.8 Å². The lowest BCUT2D eigenvalue weighted by Crippen LogP contribution is -2.34. The Morgan fingerprint density at radius 1 is 1.10 bits per heavy atom. The second kappa shape index (κ2) is 8.35. The second-order valence-corrected chi connectivity index (χ2v) is 7.11. The van der Waals surface area contributed by atoms with Crippen LogP contribution in [-0.2, 0) is 4.79 Å². The molecule has 1 aromatic rings. The van der Waals surface area contributed by atoms with Crippen LogP contribution < -0.4 is 5.32 Å². The number of nitrogens with one attached hydrogen (secondary N) is 1. The molecule has 0 aliphatic heterocycles. The van der Waals surface area contributed by atoms with Gasteiger partial charge in [0.15, 0.2) is 0 Å². The maximum Gasteiger partial charge on any atom is 0.230 e. The third kappa shape index (κ3) is 6.00. The van der Waals surface area contributed by atoms with Gasteiger partial charge in [0.1, 0.15) is 0 Å². The molecule has 0 fully saturated rings. The Morgan fingerprint density at radius 2 is 1.65 bits per heavy atom. The third-order valence-electron chi connectivity index (χ3n) is 3.64. The molecule has 2 nitrogen and oxygen atoms in total. The molecular weight excluding hydrogens is 266 g/mol. The number of carbonyl (C=O) groups excluding carboxylic acids is 1. The third-order valence-corrected chi connectivity index (χ3v) is 4.65. The lowest BCUT2D eigenvalue weighted by atomic mass is 9.85. The van der Waals surface area contributed by atoms with E-state index in [1.165, 1.54) is 5.56 Å². The van der Waals surface area contributed by atoms with Gasteiger partial charge >= 0.3 is 0 Å². The highest BCUT2D eigenvalue weighted by atomic mass is 32.2. The zero-order valence-corrected chi connectivity index (χ0v) is 14.1. The summed E-state index contributed by atoms with van der Waals surface area (Å²) in [6.07, 6.45) is 0. The fraction of sp³-hybridized carbons (Fsp3) is 0.588. The summed E-state index contributed by atoms with van der Waals surface area (Å²) in [6.45, 7) is 11.7. The molecular formula is C17H27NOS. The molecule has 1 rings (SSSR count). The number of carbonyl (C=O) groups is 1. The first kappa shape index (κ1) is 17.1. The number of hydrogen-bond donors (Lipinski definition) is 1. The van der Waals surface area contributed by atoms with Crippen molar-refractivity contribution in [3.05, 3.63) is 29.8 Å². The molecule has 0 saturated carbocycles. The van der Waals surface area contributed by atoms with Crippen molar-refractivity contribution >= 4 is 17.7 Å². The fourth-order valence-corrected chi connectivity index (χ4v) is 3.04. The van der Waals surface area contributed by atoms with Gasteiger partial charge in [0, 0.05) is 11.4 Å². The maximum atomic E-state index is 11.9. The molecule has 0 aromatic heterocycles. The number of rotatable bonds is 7. The van der Waals surface area contributed by atoms with Crippen LogP contribution in [-0.4, -0.2) is 18.2 Å². The summed E-state index contributed by atoms with van der Waals surface area (Å²) in [7, 11) is 0. The van der Waals surface area contributed by atoms with Crippen molar-refractivity contribution in [2.45, 2.75) is 39.5 Å². The number of benzene rings is 1. The summed E-state index contributed by atoms with van der Waals surface area (Å²) in [5, 5.41) is 3.07. The molecule has 3 heteroatoms. The van der Waals surface area contributed by atoms with Gasteiger partial charge in [-0.1, -0.05) is 45.4 Å². The van der Waals surface area contributed by atoms with Crippen LogP contribution in [0, 0.1) is 24.7 Å². The average molecular weight is 293 g/mol. The number of aryl methyl sites for hydroxylation is 1. The van der Waals surface area contributed by atoms with E-state index in [1.54, 1.807) is 11.8 Å². The van der Waals surface area contributed by atoms with Gasteiger partial charge in [0.25, 0.3) is 0 Å². The summed E-state index contributed by atoms with van der Waals surface area (Å²) >= 11 is 1.59.